The molecule has 0 radical (unpaired) electrons. The van der Waals surface area contributed by atoms with Gasteiger partial charge in [0.15, 0.2) is 0 Å². The van der Waals surface area contributed by atoms with Gasteiger partial charge in [-0.1, -0.05) is 52.4 Å². The van der Waals surface area contributed by atoms with Crippen LogP contribution in [0.1, 0.15) is 90.9 Å². The lowest BCUT2D eigenvalue weighted by atomic mass is 10.1. The molecule has 0 heterocycles. The van der Waals surface area contributed by atoms with Crippen LogP contribution in [0.2, 0.25) is 0 Å². The van der Waals surface area contributed by atoms with E-state index in [1.807, 2.05) is 0 Å². The van der Waals surface area contributed by atoms with Crippen molar-refractivity contribution in [2.75, 3.05) is 26.4 Å². The van der Waals surface area contributed by atoms with Crippen LogP contribution in [0.4, 0.5) is 0 Å². The van der Waals surface area contributed by atoms with Crippen molar-refractivity contribution in [2.45, 2.75) is 90.9 Å². The molecule has 0 aliphatic rings. The molecule has 0 unspecified atom stereocenters. The zero-order valence-electron chi connectivity index (χ0n) is 16.4. The Hall–Kier alpha value is -1.10. The molecular formula is C20H38O5. The van der Waals surface area contributed by atoms with Gasteiger partial charge >= 0.3 is 11.9 Å². The summed E-state index contributed by atoms with van der Waals surface area (Å²) in [6, 6.07) is 0. The topological polar surface area (TPSA) is 61.8 Å². The van der Waals surface area contributed by atoms with Crippen molar-refractivity contribution < 1.29 is 23.8 Å². The number of unbranched alkanes of at least 4 members (excludes halogenated alkanes) is 7. The van der Waals surface area contributed by atoms with Gasteiger partial charge in [-0.05, 0) is 25.7 Å². The Labute approximate surface area is 153 Å². The molecule has 0 saturated heterocycles. The summed E-state index contributed by atoms with van der Waals surface area (Å²) >= 11 is 0. The van der Waals surface area contributed by atoms with Crippen molar-refractivity contribution in [3.05, 3.63) is 0 Å². The van der Waals surface area contributed by atoms with Gasteiger partial charge in [0.05, 0.1) is 13.2 Å². The van der Waals surface area contributed by atoms with Gasteiger partial charge in [-0.3, -0.25) is 9.59 Å². The van der Waals surface area contributed by atoms with Gasteiger partial charge in [-0.15, -0.1) is 0 Å². The highest BCUT2D eigenvalue weighted by atomic mass is 16.6. The van der Waals surface area contributed by atoms with Crippen molar-refractivity contribution in [3.8, 4) is 0 Å². The lowest BCUT2D eigenvalue weighted by Crippen LogP contribution is -2.10. The van der Waals surface area contributed by atoms with E-state index in [0.717, 1.165) is 70.8 Å². The molecule has 0 aromatic rings. The zero-order chi connectivity index (χ0) is 18.6. The predicted octanol–water partition coefficient (Wildman–Crippen LogP) is 4.81. The summed E-state index contributed by atoms with van der Waals surface area (Å²) in [5.41, 5.74) is 0. The molecule has 0 N–H and O–H groups in total. The van der Waals surface area contributed by atoms with Crippen molar-refractivity contribution in [1.82, 2.24) is 0 Å². The maximum absolute atomic E-state index is 11.5. The summed E-state index contributed by atoms with van der Waals surface area (Å²) in [6.45, 7) is 6.34. The van der Waals surface area contributed by atoms with Crippen LogP contribution < -0.4 is 0 Å². The molecule has 0 aromatic carbocycles. The molecule has 148 valence electrons. The second kappa shape index (κ2) is 19.2. The molecule has 0 saturated carbocycles. The summed E-state index contributed by atoms with van der Waals surface area (Å²) in [5, 5.41) is 0. The second-order valence-electron chi connectivity index (χ2n) is 6.38. The monoisotopic (exact) mass is 358 g/mol. The van der Waals surface area contributed by atoms with E-state index >= 15 is 0 Å². The van der Waals surface area contributed by atoms with Crippen LogP contribution in [0, 0.1) is 0 Å². The number of rotatable bonds is 18. The predicted molar refractivity (Wildman–Crippen MR) is 99.5 cm³/mol. The van der Waals surface area contributed by atoms with E-state index in [1.165, 1.54) is 0 Å². The molecule has 5 heteroatoms. The first-order chi connectivity index (χ1) is 12.2. The second-order valence-corrected chi connectivity index (χ2v) is 6.38. The molecule has 0 bridgehead atoms. The van der Waals surface area contributed by atoms with E-state index in [-0.39, 0.29) is 11.9 Å². The van der Waals surface area contributed by atoms with E-state index in [1.54, 1.807) is 0 Å². The summed E-state index contributed by atoms with van der Waals surface area (Å²) < 4.78 is 15.6. The Balaban J connectivity index is 3.24. The molecule has 25 heavy (non-hydrogen) atoms. The third-order valence-corrected chi connectivity index (χ3v) is 3.91. The van der Waals surface area contributed by atoms with Gasteiger partial charge in [0.2, 0.25) is 0 Å². The molecular weight excluding hydrogens is 320 g/mol. The van der Waals surface area contributed by atoms with Crippen LogP contribution in [-0.4, -0.2) is 38.4 Å². The van der Waals surface area contributed by atoms with Crippen molar-refractivity contribution in [1.29, 1.82) is 0 Å². The van der Waals surface area contributed by atoms with Crippen molar-refractivity contribution >= 4 is 11.9 Å². The molecule has 5 nitrogen and oxygen atoms in total. The fraction of sp³-hybridized carbons (Fsp3) is 0.900. The first-order valence-electron chi connectivity index (χ1n) is 10.1. The van der Waals surface area contributed by atoms with Crippen LogP contribution in [0.15, 0.2) is 0 Å². The van der Waals surface area contributed by atoms with Gasteiger partial charge in [0.1, 0.15) is 6.61 Å². The third kappa shape index (κ3) is 19.1. The maximum atomic E-state index is 11.5. The number of hydrogen-bond donors (Lipinski definition) is 0. The van der Waals surface area contributed by atoms with E-state index in [4.69, 9.17) is 14.2 Å². The SMILES string of the molecule is CCCCOCCOC(=O)CCCCCCCCC(=O)OCCCC. The van der Waals surface area contributed by atoms with Crippen LogP contribution in [0.5, 0.6) is 0 Å². The molecule has 0 atom stereocenters. The zero-order valence-corrected chi connectivity index (χ0v) is 16.4. The molecule has 0 spiro atoms. The fourth-order valence-corrected chi connectivity index (χ4v) is 2.28. The maximum Gasteiger partial charge on any atom is 0.305 e. The van der Waals surface area contributed by atoms with Gasteiger partial charge in [-0.2, -0.15) is 0 Å². The number of ether oxygens (including phenoxy) is 3. The number of carbonyl (C=O) groups is 2. The molecule has 0 amide bonds. The Morgan fingerprint density at radius 3 is 1.60 bits per heavy atom. The summed E-state index contributed by atoms with van der Waals surface area (Å²) in [5.74, 6) is -0.205. The van der Waals surface area contributed by atoms with E-state index in [9.17, 15) is 9.59 Å². The standard InChI is InChI=1S/C20H38O5/c1-3-5-15-23-17-18-25-20(22)14-12-10-8-7-9-11-13-19(21)24-16-6-4-2/h3-18H2,1-2H3. The van der Waals surface area contributed by atoms with Crippen LogP contribution >= 0.6 is 0 Å². The van der Waals surface area contributed by atoms with E-state index < -0.39 is 0 Å². The molecule has 0 fully saturated rings. The average molecular weight is 359 g/mol. The largest absolute Gasteiger partial charge is 0.466 e. The highest BCUT2D eigenvalue weighted by molar-refractivity contribution is 5.69. The Kier molecular flexibility index (Phi) is 18.4. The fourth-order valence-electron chi connectivity index (χ4n) is 2.28. The van der Waals surface area contributed by atoms with Crippen LogP contribution in [0.25, 0.3) is 0 Å². The van der Waals surface area contributed by atoms with Crippen molar-refractivity contribution in [2.24, 2.45) is 0 Å². The summed E-state index contributed by atoms with van der Waals surface area (Å²) in [7, 11) is 0. The Bertz CT molecular complexity index is 317. The van der Waals surface area contributed by atoms with Crippen LogP contribution in [-0.2, 0) is 23.8 Å². The van der Waals surface area contributed by atoms with Gasteiger partial charge in [0.25, 0.3) is 0 Å². The molecule has 0 aromatic heterocycles. The quantitative estimate of drug-likeness (QED) is 0.260. The minimum atomic E-state index is -0.131. The van der Waals surface area contributed by atoms with Gasteiger partial charge in [-0.25, -0.2) is 0 Å². The lowest BCUT2D eigenvalue weighted by molar-refractivity contribution is -0.145. The Morgan fingerprint density at radius 2 is 1.04 bits per heavy atom. The van der Waals surface area contributed by atoms with Crippen LogP contribution in [0.3, 0.4) is 0 Å². The lowest BCUT2D eigenvalue weighted by Gasteiger charge is -2.06. The minimum Gasteiger partial charge on any atom is -0.466 e. The molecule has 0 aliphatic carbocycles. The highest BCUT2D eigenvalue weighted by Gasteiger charge is 2.04. The average Bonchev–Trinajstić information content (AvgIpc) is 2.60. The molecule has 0 aliphatic heterocycles. The van der Waals surface area contributed by atoms with E-state index in [2.05, 4.69) is 13.8 Å². The first kappa shape index (κ1) is 23.9. The summed E-state index contributed by atoms with van der Waals surface area (Å²) in [6.07, 6.45) is 11.2. The third-order valence-electron chi connectivity index (χ3n) is 3.91. The Morgan fingerprint density at radius 1 is 0.560 bits per heavy atom. The smallest absolute Gasteiger partial charge is 0.305 e. The normalized spacial score (nSPS) is 10.6. The van der Waals surface area contributed by atoms with Gasteiger partial charge in [0, 0.05) is 19.4 Å². The number of hydrogen-bond acceptors (Lipinski definition) is 5. The van der Waals surface area contributed by atoms with Crippen molar-refractivity contribution in [3.63, 3.8) is 0 Å². The molecule has 0 rings (SSSR count). The summed E-state index contributed by atoms with van der Waals surface area (Å²) in [4.78, 5) is 22.9. The highest BCUT2D eigenvalue weighted by Crippen LogP contribution is 2.09. The van der Waals surface area contributed by atoms with E-state index in [0.29, 0.717) is 32.7 Å². The minimum absolute atomic E-state index is 0.0742. The van der Waals surface area contributed by atoms with Gasteiger partial charge < -0.3 is 14.2 Å². The number of esters is 2. The number of carbonyl (C=O) groups excluding carboxylic acids is 2. The first-order valence-corrected chi connectivity index (χ1v) is 10.1.